The number of halogens is 2. The lowest BCUT2D eigenvalue weighted by Crippen LogP contribution is -2.34. The highest BCUT2D eigenvalue weighted by Gasteiger charge is 2.35. The van der Waals surface area contributed by atoms with E-state index >= 15 is 0 Å². The second-order valence-corrected chi connectivity index (χ2v) is 4.37. The Kier molecular flexibility index (Phi) is 2.50. The Balaban J connectivity index is 2.49. The lowest BCUT2D eigenvalue weighted by molar-refractivity contribution is 0.433. The Morgan fingerprint density at radius 3 is 2.50 bits per heavy atom. The number of hydrogen-bond acceptors (Lipinski definition) is 1. The predicted octanol–water partition coefficient (Wildman–Crippen LogP) is 3.21. The van der Waals surface area contributed by atoms with Gasteiger partial charge in [0.1, 0.15) is 5.82 Å². The van der Waals surface area contributed by atoms with Crippen molar-refractivity contribution in [2.75, 3.05) is 0 Å². The van der Waals surface area contributed by atoms with Crippen molar-refractivity contribution in [2.45, 2.75) is 31.2 Å². The molecule has 0 atom stereocenters. The first-order valence-electron chi connectivity index (χ1n) is 4.87. The Morgan fingerprint density at radius 1 is 1.29 bits per heavy atom. The van der Waals surface area contributed by atoms with Gasteiger partial charge in [-0.25, -0.2) is 4.39 Å². The maximum Gasteiger partial charge on any atom is 0.129 e. The van der Waals surface area contributed by atoms with Crippen LogP contribution in [-0.2, 0) is 5.54 Å². The molecule has 1 aliphatic rings. The van der Waals surface area contributed by atoms with E-state index in [1.165, 1.54) is 6.07 Å². The van der Waals surface area contributed by atoms with Crippen molar-refractivity contribution < 1.29 is 4.39 Å². The van der Waals surface area contributed by atoms with Crippen molar-refractivity contribution in [1.29, 1.82) is 0 Å². The van der Waals surface area contributed by atoms with E-state index in [0.29, 0.717) is 10.6 Å². The molecular weight excluding hydrogens is 201 g/mol. The van der Waals surface area contributed by atoms with Crippen molar-refractivity contribution in [2.24, 2.45) is 5.73 Å². The zero-order valence-corrected chi connectivity index (χ0v) is 8.65. The van der Waals surface area contributed by atoms with Gasteiger partial charge in [-0.15, -0.1) is 0 Å². The lowest BCUT2D eigenvalue weighted by Gasteiger charge is -2.25. The van der Waals surface area contributed by atoms with Gasteiger partial charge in [-0.05, 0) is 25.0 Å². The molecule has 2 rings (SSSR count). The average molecular weight is 214 g/mol. The summed E-state index contributed by atoms with van der Waals surface area (Å²) in [6.45, 7) is 0. The Labute approximate surface area is 88.1 Å². The molecule has 0 aliphatic heterocycles. The van der Waals surface area contributed by atoms with Crippen LogP contribution in [0.25, 0.3) is 0 Å². The lowest BCUT2D eigenvalue weighted by atomic mass is 9.89. The van der Waals surface area contributed by atoms with Gasteiger partial charge >= 0.3 is 0 Å². The van der Waals surface area contributed by atoms with Crippen molar-refractivity contribution in [1.82, 2.24) is 0 Å². The third kappa shape index (κ3) is 1.53. The Bertz CT molecular complexity index is 325. The molecule has 2 N–H and O–H groups in total. The summed E-state index contributed by atoms with van der Waals surface area (Å²) in [7, 11) is 0. The summed E-state index contributed by atoms with van der Waals surface area (Å²) in [6, 6.07) is 4.74. The number of hydrogen-bond donors (Lipinski definition) is 1. The smallest absolute Gasteiger partial charge is 0.129 e. The second kappa shape index (κ2) is 3.52. The van der Waals surface area contributed by atoms with Crippen LogP contribution in [0.5, 0.6) is 0 Å². The van der Waals surface area contributed by atoms with E-state index in [1.807, 2.05) is 0 Å². The summed E-state index contributed by atoms with van der Waals surface area (Å²) < 4.78 is 13.6. The van der Waals surface area contributed by atoms with Crippen LogP contribution in [0.2, 0.25) is 5.02 Å². The van der Waals surface area contributed by atoms with Gasteiger partial charge in [0.2, 0.25) is 0 Å². The van der Waals surface area contributed by atoms with E-state index in [4.69, 9.17) is 17.3 Å². The highest BCUT2D eigenvalue weighted by molar-refractivity contribution is 6.31. The van der Waals surface area contributed by atoms with E-state index in [0.717, 1.165) is 25.7 Å². The van der Waals surface area contributed by atoms with Crippen LogP contribution in [0.4, 0.5) is 4.39 Å². The fourth-order valence-corrected chi connectivity index (χ4v) is 2.58. The third-order valence-corrected chi connectivity index (χ3v) is 3.27. The van der Waals surface area contributed by atoms with Crippen LogP contribution in [-0.4, -0.2) is 0 Å². The molecule has 1 fully saturated rings. The molecular formula is C11H13ClFN. The van der Waals surface area contributed by atoms with E-state index < -0.39 is 5.54 Å². The van der Waals surface area contributed by atoms with Gasteiger partial charge < -0.3 is 5.73 Å². The third-order valence-electron chi connectivity index (χ3n) is 2.96. The zero-order valence-electron chi connectivity index (χ0n) is 7.89. The quantitative estimate of drug-likeness (QED) is 0.762. The molecule has 1 saturated carbocycles. The number of rotatable bonds is 1. The first kappa shape index (κ1) is 9.94. The minimum atomic E-state index is -0.539. The number of nitrogens with two attached hydrogens (primary N) is 1. The molecule has 3 heteroatoms. The monoisotopic (exact) mass is 213 g/mol. The van der Waals surface area contributed by atoms with Gasteiger partial charge in [0.25, 0.3) is 0 Å². The second-order valence-electron chi connectivity index (χ2n) is 3.96. The van der Waals surface area contributed by atoms with Crippen molar-refractivity contribution in [3.8, 4) is 0 Å². The van der Waals surface area contributed by atoms with Gasteiger partial charge in [0, 0.05) is 16.1 Å². The van der Waals surface area contributed by atoms with Crippen LogP contribution in [0, 0.1) is 5.82 Å². The predicted molar refractivity (Wildman–Crippen MR) is 55.7 cm³/mol. The van der Waals surface area contributed by atoms with E-state index in [2.05, 4.69) is 0 Å². The fourth-order valence-electron chi connectivity index (χ4n) is 2.23. The largest absolute Gasteiger partial charge is 0.321 e. The SMILES string of the molecule is NC1(c2c(F)cccc2Cl)CCCC1. The average Bonchev–Trinajstić information content (AvgIpc) is 2.52. The zero-order chi connectivity index (χ0) is 10.2. The molecule has 1 aromatic carbocycles. The summed E-state index contributed by atoms with van der Waals surface area (Å²) in [6.07, 6.45) is 3.77. The first-order chi connectivity index (χ1) is 6.63. The van der Waals surface area contributed by atoms with Crippen LogP contribution in [0.3, 0.4) is 0 Å². The summed E-state index contributed by atoms with van der Waals surface area (Å²) >= 11 is 5.98. The van der Waals surface area contributed by atoms with Gasteiger partial charge in [-0.3, -0.25) is 0 Å². The standard InChI is InChI=1S/C11H13ClFN/c12-8-4-3-5-9(13)10(8)11(14)6-1-2-7-11/h3-5H,1-2,6-7,14H2. The maximum atomic E-state index is 13.6. The minimum Gasteiger partial charge on any atom is -0.321 e. The van der Waals surface area contributed by atoms with E-state index in [-0.39, 0.29) is 5.82 Å². The van der Waals surface area contributed by atoms with Gasteiger partial charge in [-0.2, -0.15) is 0 Å². The van der Waals surface area contributed by atoms with Crippen molar-refractivity contribution >= 4 is 11.6 Å². The summed E-state index contributed by atoms with van der Waals surface area (Å²) in [5, 5.41) is 0.453. The molecule has 0 radical (unpaired) electrons. The normalized spacial score (nSPS) is 19.9. The Hall–Kier alpha value is -0.600. The van der Waals surface area contributed by atoms with Gasteiger partial charge in [-0.1, -0.05) is 30.5 Å². The molecule has 1 aromatic rings. The minimum absolute atomic E-state index is 0.276. The summed E-state index contributed by atoms with van der Waals surface area (Å²) in [4.78, 5) is 0. The number of benzene rings is 1. The highest BCUT2D eigenvalue weighted by Crippen LogP contribution is 2.40. The fraction of sp³-hybridized carbons (Fsp3) is 0.455. The molecule has 76 valence electrons. The van der Waals surface area contributed by atoms with Crippen molar-refractivity contribution in [3.63, 3.8) is 0 Å². The molecule has 0 spiro atoms. The van der Waals surface area contributed by atoms with E-state index in [9.17, 15) is 4.39 Å². The van der Waals surface area contributed by atoms with E-state index in [1.54, 1.807) is 12.1 Å². The van der Waals surface area contributed by atoms with Crippen LogP contribution in [0.1, 0.15) is 31.2 Å². The first-order valence-corrected chi connectivity index (χ1v) is 5.25. The molecule has 0 saturated heterocycles. The summed E-state index contributed by atoms with van der Waals surface area (Å²) in [5.74, 6) is -0.276. The van der Waals surface area contributed by atoms with Crippen LogP contribution in [0.15, 0.2) is 18.2 Å². The van der Waals surface area contributed by atoms with Gasteiger partial charge in [0.05, 0.1) is 0 Å². The molecule has 0 unspecified atom stereocenters. The highest BCUT2D eigenvalue weighted by atomic mass is 35.5. The van der Waals surface area contributed by atoms with Crippen LogP contribution < -0.4 is 5.73 Å². The molecule has 1 aliphatic carbocycles. The molecule has 14 heavy (non-hydrogen) atoms. The molecule has 0 bridgehead atoms. The summed E-state index contributed by atoms with van der Waals surface area (Å²) in [5.41, 5.74) is 6.12. The molecule has 0 amide bonds. The van der Waals surface area contributed by atoms with Crippen molar-refractivity contribution in [3.05, 3.63) is 34.6 Å². The Morgan fingerprint density at radius 2 is 1.93 bits per heavy atom. The topological polar surface area (TPSA) is 26.0 Å². The maximum absolute atomic E-state index is 13.6. The molecule has 1 nitrogen and oxygen atoms in total. The van der Waals surface area contributed by atoms with Crippen LogP contribution >= 0.6 is 11.6 Å². The molecule has 0 aromatic heterocycles. The molecule has 0 heterocycles. The van der Waals surface area contributed by atoms with Gasteiger partial charge in [0.15, 0.2) is 0 Å².